The van der Waals surface area contributed by atoms with Crippen LogP contribution in [0.3, 0.4) is 0 Å². The van der Waals surface area contributed by atoms with E-state index >= 15 is 0 Å². The lowest BCUT2D eigenvalue weighted by atomic mass is 10.2. The number of nitrogens with one attached hydrogen (secondary N) is 1. The number of hydrogen-bond donors (Lipinski definition) is 1. The normalized spacial score (nSPS) is 20.5. The summed E-state index contributed by atoms with van der Waals surface area (Å²) in [5.41, 5.74) is 1.29. The predicted octanol–water partition coefficient (Wildman–Crippen LogP) is 2.65. The van der Waals surface area contributed by atoms with Crippen LogP contribution < -0.4 is 5.32 Å². The van der Waals surface area contributed by atoms with Crippen molar-refractivity contribution in [3.05, 3.63) is 15.6 Å². The summed E-state index contributed by atoms with van der Waals surface area (Å²) in [7, 11) is 0. The average Bonchev–Trinajstić information content (AvgIpc) is 2.88. The van der Waals surface area contributed by atoms with E-state index in [1.807, 2.05) is 11.3 Å². The summed E-state index contributed by atoms with van der Waals surface area (Å²) in [6, 6.07) is 0.747. The van der Waals surface area contributed by atoms with Crippen molar-refractivity contribution in [2.45, 2.75) is 39.2 Å². The van der Waals surface area contributed by atoms with Gasteiger partial charge in [-0.3, -0.25) is 0 Å². The molecule has 16 heavy (non-hydrogen) atoms. The van der Waals surface area contributed by atoms with Crippen LogP contribution in [0, 0.1) is 6.92 Å². The maximum Gasteiger partial charge on any atom is 0.0943 e. The number of aromatic nitrogens is 1. The van der Waals surface area contributed by atoms with Crippen molar-refractivity contribution < 1.29 is 0 Å². The second-order valence-electron chi connectivity index (χ2n) is 4.23. The third-order valence-electron chi connectivity index (χ3n) is 2.97. The summed E-state index contributed by atoms with van der Waals surface area (Å²) in [5.74, 6) is 2.62. The van der Waals surface area contributed by atoms with E-state index in [1.54, 1.807) is 0 Å². The monoisotopic (exact) mass is 256 g/mol. The van der Waals surface area contributed by atoms with Crippen LogP contribution >= 0.6 is 23.1 Å². The van der Waals surface area contributed by atoms with Gasteiger partial charge in [0.25, 0.3) is 0 Å². The Hall–Kier alpha value is -0.0600. The first-order chi connectivity index (χ1) is 7.79. The van der Waals surface area contributed by atoms with Crippen molar-refractivity contribution in [2.24, 2.45) is 0 Å². The molecule has 1 aromatic heterocycles. The van der Waals surface area contributed by atoms with Gasteiger partial charge in [-0.15, -0.1) is 11.3 Å². The molecule has 0 saturated carbocycles. The molecule has 1 aliphatic heterocycles. The highest BCUT2D eigenvalue weighted by Gasteiger charge is 2.14. The molecule has 0 spiro atoms. The lowest BCUT2D eigenvalue weighted by molar-refractivity contribution is 0.560. The Morgan fingerprint density at radius 1 is 1.50 bits per heavy atom. The van der Waals surface area contributed by atoms with Gasteiger partial charge in [-0.2, -0.15) is 11.8 Å². The zero-order valence-electron chi connectivity index (χ0n) is 10.1. The summed E-state index contributed by atoms with van der Waals surface area (Å²) in [6.07, 6.45) is 3.49. The predicted molar refractivity (Wildman–Crippen MR) is 73.7 cm³/mol. The molecule has 0 radical (unpaired) electrons. The van der Waals surface area contributed by atoms with Crippen LogP contribution in [-0.2, 0) is 12.8 Å². The van der Waals surface area contributed by atoms with Gasteiger partial charge < -0.3 is 5.32 Å². The van der Waals surface area contributed by atoms with Crippen molar-refractivity contribution >= 4 is 23.1 Å². The molecule has 1 unspecified atom stereocenters. The molecule has 2 rings (SSSR count). The van der Waals surface area contributed by atoms with Gasteiger partial charge in [0.05, 0.1) is 10.7 Å². The topological polar surface area (TPSA) is 24.9 Å². The highest BCUT2D eigenvalue weighted by Crippen LogP contribution is 2.19. The minimum absolute atomic E-state index is 0.747. The quantitative estimate of drug-likeness (QED) is 0.877. The van der Waals surface area contributed by atoms with Crippen LogP contribution in [0.5, 0.6) is 0 Å². The average molecular weight is 256 g/mol. The van der Waals surface area contributed by atoms with Gasteiger partial charge in [0, 0.05) is 29.6 Å². The number of thiazole rings is 1. The summed E-state index contributed by atoms with van der Waals surface area (Å²) < 4.78 is 0. The Bertz CT molecular complexity index is 330. The van der Waals surface area contributed by atoms with E-state index in [-0.39, 0.29) is 0 Å². The van der Waals surface area contributed by atoms with Crippen LogP contribution in [-0.4, -0.2) is 29.1 Å². The van der Waals surface area contributed by atoms with E-state index in [2.05, 4.69) is 35.9 Å². The van der Waals surface area contributed by atoms with Crippen LogP contribution in [0.4, 0.5) is 0 Å². The van der Waals surface area contributed by atoms with Crippen molar-refractivity contribution in [3.8, 4) is 0 Å². The number of thioether (sulfide) groups is 1. The van der Waals surface area contributed by atoms with E-state index in [0.717, 1.165) is 25.4 Å². The molecule has 4 heteroatoms. The molecule has 0 bridgehead atoms. The van der Waals surface area contributed by atoms with Gasteiger partial charge >= 0.3 is 0 Å². The highest BCUT2D eigenvalue weighted by molar-refractivity contribution is 7.99. The van der Waals surface area contributed by atoms with E-state index in [1.165, 1.54) is 33.5 Å². The zero-order valence-corrected chi connectivity index (χ0v) is 11.7. The third kappa shape index (κ3) is 3.22. The van der Waals surface area contributed by atoms with Crippen LogP contribution in [0.2, 0.25) is 0 Å². The molecule has 1 N–H and O–H groups in total. The van der Waals surface area contributed by atoms with Crippen LogP contribution in [0.25, 0.3) is 0 Å². The van der Waals surface area contributed by atoms with Crippen LogP contribution in [0.1, 0.15) is 28.9 Å². The number of nitrogens with zero attached hydrogens (tertiary/aromatic N) is 1. The van der Waals surface area contributed by atoms with Gasteiger partial charge in [-0.25, -0.2) is 4.98 Å². The summed E-state index contributed by atoms with van der Waals surface area (Å²) in [5, 5.41) is 4.92. The summed E-state index contributed by atoms with van der Waals surface area (Å²) in [6.45, 7) is 5.45. The molecule has 0 amide bonds. The number of rotatable bonds is 5. The van der Waals surface area contributed by atoms with E-state index in [4.69, 9.17) is 0 Å². The summed E-state index contributed by atoms with van der Waals surface area (Å²) in [4.78, 5) is 6.06. The number of aryl methyl sites for hydroxylation is 2. The third-order valence-corrected chi connectivity index (χ3v) is 5.21. The molecule has 1 saturated heterocycles. The number of hydrogen-bond acceptors (Lipinski definition) is 4. The fraction of sp³-hybridized carbons (Fsp3) is 0.750. The van der Waals surface area contributed by atoms with Gasteiger partial charge in [0.15, 0.2) is 0 Å². The molecule has 2 heterocycles. The molecule has 0 aliphatic carbocycles. The van der Waals surface area contributed by atoms with Gasteiger partial charge in [0.2, 0.25) is 0 Å². The second-order valence-corrected chi connectivity index (χ2v) is 6.67. The van der Waals surface area contributed by atoms with Crippen molar-refractivity contribution in [2.75, 3.05) is 18.1 Å². The highest BCUT2D eigenvalue weighted by atomic mass is 32.2. The van der Waals surface area contributed by atoms with Crippen LogP contribution in [0.15, 0.2) is 0 Å². The molecule has 1 aliphatic rings. The van der Waals surface area contributed by atoms with Crippen molar-refractivity contribution in [1.29, 1.82) is 0 Å². The van der Waals surface area contributed by atoms with E-state index in [9.17, 15) is 0 Å². The molecular formula is C12H20N2S2. The fourth-order valence-corrected chi connectivity index (χ4v) is 4.21. The Balaban J connectivity index is 1.75. The Labute approximate surface area is 106 Å². The first-order valence-corrected chi connectivity index (χ1v) is 8.03. The molecule has 2 nitrogen and oxygen atoms in total. The minimum Gasteiger partial charge on any atom is -0.313 e. The molecule has 1 atom stereocenters. The Kier molecular flexibility index (Phi) is 4.67. The van der Waals surface area contributed by atoms with Gasteiger partial charge in [0.1, 0.15) is 0 Å². The minimum atomic E-state index is 0.747. The summed E-state index contributed by atoms with van der Waals surface area (Å²) >= 11 is 3.93. The maximum atomic E-state index is 4.67. The molecule has 1 fully saturated rings. The first kappa shape index (κ1) is 12.4. The Morgan fingerprint density at radius 3 is 3.00 bits per heavy atom. The molecule has 0 aromatic carbocycles. The molecular weight excluding hydrogens is 236 g/mol. The molecule has 90 valence electrons. The zero-order chi connectivity index (χ0) is 11.4. The SMILES string of the molecule is CCc1nc(CCNC2CCSC2)sc1C. The lowest BCUT2D eigenvalue weighted by Gasteiger charge is -2.09. The van der Waals surface area contributed by atoms with Crippen molar-refractivity contribution in [3.63, 3.8) is 0 Å². The largest absolute Gasteiger partial charge is 0.313 e. The van der Waals surface area contributed by atoms with Gasteiger partial charge in [-0.05, 0) is 25.5 Å². The Morgan fingerprint density at radius 2 is 2.38 bits per heavy atom. The maximum absolute atomic E-state index is 4.67. The van der Waals surface area contributed by atoms with Gasteiger partial charge in [-0.1, -0.05) is 6.92 Å². The van der Waals surface area contributed by atoms with E-state index in [0.29, 0.717) is 0 Å². The smallest absolute Gasteiger partial charge is 0.0943 e. The first-order valence-electron chi connectivity index (χ1n) is 6.06. The molecule has 1 aromatic rings. The second kappa shape index (κ2) is 6.03. The van der Waals surface area contributed by atoms with E-state index < -0.39 is 0 Å². The van der Waals surface area contributed by atoms with Crippen molar-refractivity contribution in [1.82, 2.24) is 10.3 Å². The fourth-order valence-electron chi connectivity index (χ4n) is 2.00. The lowest BCUT2D eigenvalue weighted by Crippen LogP contribution is -2.30. The standard InChI is InChI=1S/C12H20N2S2/c1-3-11-9(2)16-12(14-11)4-6-13-10-5-7-15-8-10/h10,13H,3-8H2,1-2H3.